The Bertz CT molecular complexity index is 1970. The van der Waals surface area contributed by atoms with Crippen molar-refractivity contribution in [2.75, 3.05) is 5.32 Å². The van der Waals surface area contributed by atoms with Gasteiger partial charge in [0.2, 0.25) is 10.0 Å². The van der Waals surface area contributed by atoms with Crippen LogP contribution in [0.5, 0.6) is 0 Å². The Morgan fingerprint density at radius 2 is 1.45 bits per heavy atom. The highest BCUT2D eigenvalue weighted by molar-refractivity contribution is 9.10. The molecule has 0 unspecified atom stereocenters. The number of sulfonamides is 1. The minimum atomic E-state index is -3.91. The number of hydrogen-bond acceptors (Lipinski definition) is 5. The summed E-state index contributed by atoms with van der Waals surface area (Å²) < 4.78 is 30.0. The third kappa shape index (κ3) is 5.59. The Balaban J connectivity index is 0.000000244. The number of carboxylic acid groups (broad SMARTS) is 1. The quantitative estimate of drug-likeness (QED) is 0.196. The summed E-state index contributed by atoms with van der Waals surface area (Å²) in [4.78, 5) is 24.0. The second-order valence-corrected chi connectivity index (χ2v) is 11.2. The van der Waals surface area contributed by atoms with Crippen LogP contribution < -0.4 is 10.5 Å². The molecule has 0 saturated carbocycles. The van der Waals surface area contributed by atoms with E-state index in [1.807, 2.05) is 0 Å². The van der Waals surface area contributed by atoms with Gasteiger partial charge in [-0.3, -0.25) is 4.79 Å². The molecule has 10 heteroatoms. The van der Waals surface area contributed by atoms with E-state index in [1.165, 1.54) is 35.0 Å². The number of anilines is 1. The number of carbonyl (C=O) groups excluding carboxylic acids is 1. The van der Waals surface area contributed by atoms with Crippen LogP contribution >= 0.6 is 15.9 Å². The maximum Gasteiger partial charge on any atom is 0.341 e. The summed E-state index contributed by atoms with van der Waals surface area (Å²) in [5.41, 5.74) is 1.68. The number of rotatable bonds is 5. The summed E-state index contributed by atoms with van der Waals surface area (Å²) in [5, 5.41) is 19.7. The minimum absolute atomic E-state index is 0.0206. The molecular formula is C30H21BrN2O6S. The van der Waals surface area contributed by atoms with Crippen molar-refractivity contribution in [1.29, 1.82) is 0 Å². The Labute approximate surface area is 237 Å². The van der Waals surface area contributed by atoms with Crippen molar-refractivity contribution < 1.29 is 27.5 Å². The summed E-state index contributed by atoms with van der Waals surface area (Å²) in [6, 6.07) is 30.2. The molecule has 0 spiro atoms. The predicted molar refractivity (Wildman–Crippen MR) is 157 cm³/mol. The highest BCUT2D eigenvalue weighted by Crippen LogP contribution is 2.34. The molecule has 0 fully saturated rings. The number of halogens is 1. The molecule has 6 rings (SSSR count). The van der Waals surface area contributed by atoms with Crippen LogP contribution in [0.4, 0.5) is 5.69 Å². The Kier molecular flexibility index (Phi) is 7.40. The number of aromatic carboxylic acids is 1. The molecule has 2 heterocycles. The molecule has 0 atom stereocenters. The standard InChI is InChI=1S/C20H14N2O6S.C10H7Br/c21-29(26,27)16-4-2-1-3-13(16)11-5-7-12(8-6-11)19(23)22-18-15-10-9-14(28-15)17(18)20(24)25;11-10-6-5-8-3-1-2-4-9(8)7-10/h1-10H,(H,22,23)(H,24,25)(H2,21,26,27);1-7H. The average molecular weight is 617 g/mol. The van der Waals surface area contributed by atoms with Gasteiger partial charge in [-0.25, -0.2) is 18.4 Å². The van der Waals surface area contributed by atoms with Crippen LogP contribution in [0.2, 0.25) is 0 Å². The number of furan rings is 2. The smallest absolute Gasteiger partial charge is 0.341 e. The van der Waals surface area contributed by atoms with Crippen molar-refractivity contribution in [3.63, 3.8) is 0 Å². The molecule has 2 aromatic heterocycles. The fraction of sp³-hybridized carbons (Fsp3) is 0. The van der Waals surface area contributed by atoms with E-state index in [4.69, 9.17) is 9.56 Å². The van der Waals surface area contributed by atoms with Crippen LogP contribution in [0.3, 0.4) is 0 Å². The lowest BCUT2D eigenvalue weighted by atomic mass is 10.0. The lowest BCUT2D eigenvalue weighted by molar-refractivity contribution is 0.0699. The van der Waals surface area contributed by atoms with Gasteiger partial charge >= 0.3 is 5.97 Å². The average Bonchev–Trinajstić information content (AvgIpc) is 3.55. The van der Waals surface area contributed by atoms with E-state index in [9.17, 15) is 23.1 Å². The lowest BCUT2D eigenvalue weighted by Gasteiger charge is -2.09. The molecule has 8 nitrogen and oxygen atoms in total. The van der Waals surface area contributed by atoms with Crippen LogP contribution in [-0.2, 0) is 10.0 Å². The molecular weight excluding hydrogens is 596 g/mol. The van der Waals surface area contributed by atoms with E-state index in [1.54, 1.807) is 36.4 Å². The fourth-order valence-electron chi connectivity index (χ4n) is 4.29. The third-order valence-electron chi connectivity index (χ3n) is 6.16. The van der Waals surface area contributed by atoms with Gasteiger partial charge in [0, 0.05) is 15.6 Å². The van der Waals surface area contributed by atoms with Crippen molar-refractivity contribution >= 4 is 65.5 Å². The zero-order valence-corrected chi connectivity index (χ0v) is 23.1. The van der Waals surface area contributed by atoms with Gasteiger partial charge in [-0.2, -0.15) is 0 Å². The summed E-state index contributed by atoms with van der Waals surface area (Å²) in [6.45, 7) is 0. The van der Waals surface area contributed by atoms with E-state index >= 15 is 0 Å². The van der Waals surface area contributed by atoms with E-state index in [0.717, 1.165) is 4.47 Å². The summed E-state index contributed by atoms with van der Waals surface area (Å²) in [7, 11) is -3.91. The van der Waals surface area contributed by atoms with Crippen molar-refractivity contribution in [2.24, 2.45) is 5.14 Å². The van der Waals surface area contributed by atoms with Crippen molar-refractivity contribution in [3.05, 3.63) is 119 Å². The van der Waals surface area contributed by atoms with Crippen LogP contribution in [0.1, 0.15) is 20.7 Å². The SMILES string of the molecule is Brc1ccc2ccccc2c1.NS(=O)(=O)c1ccccc1-c1ccc(C(=O)Nc2c(C(=O)O)c3ccc2o3)cc1. The van der Waals surface area contributed by atoms with E-state index in [2.05, 4.69) is 63.7 Å². The number of fused-ring (bicyclic) bond motifs is 3. The molecule has 200 valence electrons. The number of hydrogen-bond donors (Lipinski definition) is 3. The Morgan fingerprint density at radius 1 is 0.800 bits per heavy atom. The maximum absolute atomic E-state index is 12.6. The largest absolute Gasteiger partial charge is 0.477 e. The zero-order chi connectivity index (χ0) is 28.4. The second-order valence-electron chi connectivity index (χ2n) is 8.78. The van der Waals surface area contributed by atoms with Gasteiger partial charge in [-0.15, -0.1) is 0 Å². The molecule has 6 aromatic rings. The van der Waals surface area contributed by atoms with Gasteiger partial charge in [-0.1, -0.05) is 76.6 Å². The summed E-state index contributed by atoms with van der Waals surface area (Å²) in [5.74, 6) is -1.73. The first kappa shape index (κ1) is 27.1. The molecule has 40 heavy (non-hydrogen) atoms. The first-order chi connectivity index (χ1) is 19.1. The number of carbonyl (C=O) groups is 2. The molecule has 0 aliphatic heterocycles. The van der Waals surface area contributed by atoms with Gasteiger partial charge in [-0.05, 0) is 58.8 Å². The fourth-order valence-corrected chi connectivity index (χ4v) is 5.43. The Morgan fingerprint density at radius 3 is 2.15 bits per heavy atom. The number of nitrogens with two attached hydrogens (primary N) is 1. The number of carboxylic acids is 1. The van der Waals surface area contributed by atoms with Gasteiger partial charge in [0.25, 0.3) is 5.91 Å². The van der Waals surface area contributed by atoms with Crippen molar-refractivity contribution in [3.8, 4) is 11.1 Å². The van der Waals surface area contributed by atoms with E-state index < -0.39 is 21.9 Å². The molecule has 4 aromatic carbocycles. The van der Waals surface area contributed by atoms with Gasteiger partial charge in [0.05, 0.1) is 4.90 Å². The maximum atomic E-state index is 12.6. The lowest BCUT2D eigenvalue weighted by Crippen LogP contribution is -2.14. The van der Waals surface area contributed by atoms with Gasteiger partial charge in [0.1, 0.15) is 16.8 Å². The topological polar surface area (TPSA) is 140 Å². The van der Waals surface area contributed by atoms with Crippen LogP contribution in [0, 0.1) is 0 Å². The zero-order valence-electron chi connectivity index (χ0n) is 20.7. The third-order valence-corrected chi connectivity index (χ3v) is 7.63. The van der Waals surface area contributed by atoms with Crippen molar-refractivity contribution in [1.82, 2.24) is 0 Å². The normalized spacial score (nSPS) is 11.2. The number of nitrogens with one attached hydrogen (secondary N) is 1. The van der Waals surface area contributed by atoms with E-state index in [-0.39, 0.29) is 32.9 Å². The van der Waals surface area contributed by atoms with Crippen LogP contribution in [0.25, 0.3) is 33.1 Å². The molecule has 0 radical (unpaired) electrons. The minimum Gasteiger partial charge on any atom is -0.477 e. The second kappa shape index (κ2) is 10.9. The molecule has 0 aliphatic carbocycles. The molecule has 0 saturated heterocycles. The highest BCUT2D eigenvalue weighted by Gasteiger charge is 2.24. The first-order valence-corrected chi connectivity index (χ1v) is 14.2. The monoisotopic (exact) mass is 616 g/mol. The van der Waals surface area contributed by atoms with Gasteiger partial charge < -0.3 is 14.8 Å². The summed E-state index contributed by atoms with van der Waals surface area (Å²) >= 11 is 3.43. The highest BCUT2D eigenvalue weighted by atomic mass is 79.9. The van der Waals surface area contributed by atoms with Crippen molar-refractivity contribution in [2.45, 2.75) is 4.90 Å². The predicted octanol–water partition coefficient (Wildman–Crippen LogP) is 6.74. The number of amides is 1. The number of benzene rings is 5. The van der Waals surface area contributed by atoms with Crippen LogP contribution in [-0.4, -0.2) is 25.4 Å². The molecule has 0 aliphatic rings. The van der Waals surface area contributed by atoms with E-state index in [0.29, 0.717) is 11.1 Å². The summed E-state index contributed by atoms with van der Waals surface area (Å²) in [6.07, 6.45) is 0. The van der Waals surface area contributed by atoms with Crippen LogP contribution in [0.15, 0.2) is 117 Å². The molecule has 2 bridgehead atoms. The Hall–Kier alpha value is -4.51. The molecule has 1 amide bonds. The first-order valence-electron chi connectivity index (χ1n) is 11.9. The molecule has 4 N–H and O–H groups in total. The number of primary sulfonamides is 1. The van der Waals surface area contributed by atoms with Gasteiger partial charge in [0.15, 0.2) is 5.58 Å².